The van der Waals surface area contributed by atoms with Gasteiger partial charge in [0.25, 0.3) is 11.5 Å². The number of amides is 1. The van der Waals surface area contributed by atoms with Crippen LogP contribution in [-0.4, -0.2) is 17.5 Å². The zero-order valence-corrected chi connectivity index (χ0v) is 12.9. The van der Waals surface area contributed by atoms with Gasteiger partial charge < -0.3 is 15.5 Å². The van der Waals surface area contributed by atoms with Gasteiger partial charge in [-0.3, -0.25) is 9.59 Å². The van der Waals surface area contributed by atoms with E-state index in [0.29, 0.717) is 33.2 Å². The van der Waals surface area contributed by atoms with Crippen LogP contribution in [0.25, 0.3) is 21.9 Å². The first-order chi connectivity index (χ1) is 11.5. The molecule has 0 fully saturated rings. The highest BCUT2D eigenvalue weighted by molar-refractivity contribution is 5.97. The second-order valence-electron chi connectivity index (χ2n) is 5.41. The normalized spacial score (nSPS) is 10.8. The first-order valence-corrected chi connectivity index (χ1v) is 7.29. The number of carbonyl (C=O) groups is 1. The summed E-state index contributed by atoms with van der Waals surface area (Å²) in [4.78, 5) is 25.6. The summed E-state index contributed by atoms with van der Waals surface area (Å²) in [5.74, 6) is -0.554. The van der Waals surface area contributed by atoms with Crippen molar-refractivity contribution in [3.63, 3.8) is 0 Å². The molecule has 0 aliphatic rings. The fourth-order valence-corrected chi connectivity index (χ4v) is 2.61. The van der Waals surface area contributed by atoms with Crippen LogP contribution >= 0.6 is 0 Å². The van der Waals surface area contributed by atoms with Gasteiger partial charge in [-0.15, -0.1) is 0 Å². The molecule has 24 heavy (non-hydrogen) atoms. The van der Waals surface area contributed by atoms with Crippen LogP contribution in [0, 0.1) is 12.7 Å². The smallest absolute Gasteiger partial charge is 0.255 e. The molecule has 3 aromatic rings. The third-order valence-corrected chi connectivity index (χ3v) is 3.81. The molecule has 0 aliphatic carbocycles. The van der Waals surface area contributed by atoms with Crippen LogP contribution in [0.2, 0.25) is 0 Å². The van der Waals surface area contributed by atoms with Crippen molar-refractivity contribution in [1.29, 1.82) is 0 Å². The molecule has 2 aromatic carbocycles. The van der Waals surface area contributed by atoms with Gasteiger partial charge in [0.2, 0.25) is 0 Å². The molecule has 5 nitrogen and oxygen atoms in total. The maximum absolute atomic E-state index is 13.8. The Labute approximate surface area is 136 Å². The number of nitrogens with two attached hydrogens (primary N) is 1. The van der Waals surface area contributed by atoms with E-state index in [1.54, 1.807) is 37.4 Å². The van der Waals surface area contributed by atoms with E-state index >= 15 is 0 Å². The van der Waals surface area contributed by atoms with Crippen LogP contribution in [-0.2, 0) is 4.79 Å². The SMILES string of the molecule is Cc1c(F)cccc1-c1c[nH]c(=O)c2cc(OCC(N)=O)ccc12. The molecule has 0 spiro atoms. The van der Waals surface area contributed by atoms with E-state index < -0.39 is 5.91 Å². The number of hydrogen-bond donors (Lipinski definition) is 2. The second-order valence-corrected chi connectivity index (χ2v) is 5.41. The average molecular weight is 326 g/mol. The van der Waals surface area contributed by atoms with Crippen molar-refractivity contribution in [2.75, 3.05) is 6.61 Å². The first kappa shape index (κ1) is 15.7. The number of hydrogen-bond acceptors (Lipinski definition) is 3. The molecule has 0 saturated carbocycles. The van der Waals surface area contributed by atoms with Crippen molar-refractivity contribution in [1.82, 2.24) is 4.98 Å². The number of fused-ring (bicyclic) bond motifs is 1. The number of nitrogens with one attached hydrogen (secondary N) is 1. The number of aromatic nitrogens is 1. The van der Waals surface area contributed by atoms with E-state index in [1.807, 2.05) is 0 Å². The molecule has 1 heterocycles. The highest BCUT2D eigenvalue weighted by Crippen LogP contribution is 2.31. The number of ether oxygens (including phenoxy) is 1. The third-order valence-electron chi connectivity index (χ3n) is 3.81. The van der Waals surface area contributed by atoms with Crippen molar-refractivity contribution in [3.8, 4) is 16.9 Å². The summed E-state index contributed by atoms with van der Waals surface area (Å²) in [7, 11) is 0. The molecule has 3 N–H and O–H groups in total. The molecular weight excluding hydrogens is 311 g/mol. The molecule has 0 bridgehead atoms. The Kier molecular flexibility index (Phi) is 4.04. The summed E-state index contributed by atoms with van der Waals surface area (Å²) in [5.41, 5.74) is 6.66. The van der Waals surface area contributed by atoms with Crippen LogP contribution in [0.3, 0.4) is 0 Å². The standard InChI is InChI=1S/C18H15FN2O3/c1-10-12(3-2-4-16(10)19)15-8-21-18(23)14-7-11(5-6-13(14)15)24-9-17(20)22/h2-8H,9H2,1H3,(H2,20,22)(H,21,23). The summed E-state index contributed by atoms with van der Waals surface area (Å²) in [6.45, 7) is 1.41. The highest BCUT2D eigenvalue weighted by Gasteiger charge is 2.12. The Morgan fingerprint density at radius 2 is 2.00 bits per heavy atom. The topological polar surface area (TPSA) is 85.2 Å². The number of pyridine rings is 1. The molecule has 1 aromatic heterocycles. The number of primary amides is 1. The first-order valence-electron chi connectivity index (χ1n) is 7.29. The van der Waals surface area contributed by atoms with Gasteiger partial charge in [0.15, 0.2) is 6.61 Å². The Morgan fingerprint density at radius 1 is 1.21 bits per heavy atom. The molecule has 1 amide bonds. The Hall–Kier alpha value is -3.15. The van der Waals surface area contributed by atoms with E-state index in [4.69, 9.17) is 10.5 Å². The van der Waals surface area contributed by atoms with Crippen LogP contribution in [0.4, 0.5) is 4.39 Å². The number of benzene rings is 2. The van der Waals surface area contributed by atoms with Crippen LogP contribution < -0.4 is 16.0 Å². The Bertz CT molecular complexity index is 995. The zero-order chi connectivity index (χ0) is 17.3. The lowest BCUT2D eigenvalue weighted by Gasteiger charge is -2.11. The van der Waals surface area contributed by atoms with Crippen LogP contribution in [0.1, 0.15) is 5.56 Å². The molecule has 0 radical (unpaired) electrons. The van der Waals surface area contributed by atoms with E-state index in [9.17, 15) is 14.0 Å². The zero-order valence-electron chi connectivity index (χ0n) is 12.9. The van der Waals surface area contributed by atoms with Crippen molar-refractivity contribution in [2.45, 2.75) is 6.92 Å². The minimum absolute atomic E-state index is 0.272. The van der Waals surface area contributed by atoms with Gasteiger partial charge in [-0.05, 0) is 47.7 Å². The lowest BCUT2D eigenvalue weighted by molar-refractivity contribution is -0.119. The van der Waals surface area contributed by atoms with Gasteiger partial charge in [0, 0.05) is 11.8 Å². The third kappa shape index (κ3) is 2.86. The van der Waals surface area contributed by atoms with E-state index in [-0.39, 0.29) is 18.0 Å². The number of aromatic amines is 1. The minimum atomic E-state index is -0.604. The van der Waals surface area contributed by atoms with E-state index in [0.717, 1.165) is 0 Å². The highest BCUT2D eigenvalue weighted by atomic mass is 19.1. The largest absolute Gasteiger partial charge is 0.484 e. The van der Waals surface area contributed by atoms with Crippen molar-refractivity contribution >= 4 is 16.7 Å². The van der Waals surface area contributed by atoms with Gasteiger partial charge >= 0.3 is 0 Å². The van der Waals surface area contributed by atoms with Crippen molar-refractivity contribution in [2.24, 2.45) is 5.73 Å². The minimum Gasteiger partial charge on any atom is -0.484 e. The molecule has 0 unspecified atom stereocenters. The fraction of sp³-hybridized carbons (Fsp3) is 0.111. The van der Waals surface area contributed by atoms with Gasteiger partial charge in [0.05, 0.1) is 5.39 Å². The lowest BCUT2D eigenvalue weighted by atomic mass is 9.97. The number of carbonyl (C=O) groups excluding carboxylic acids is 1. The molecule has 122 valence electrons. The molecule has 0 atom stereocenters. The quantitative estimate of drug-likeness (QED) is 0.772. The predicted octanol–water partition coefficient (Wildman–Crippen LogP) is 2.51. The summed E-state index contributed by atoms with van der Waals surface area (Å²) < 4.78 is 19.1. The number of halogens is 1. The van der Waals surface area contributed by atoms with Gasteiger partial charge in [-0.2, -0.15) is 0 Å². The Balaban J connectivity index is 2.17. The maximum atomic E-state index is 13.8. The maximum Gasteiger partial charge on any atom is 0.255 e. The summed E-state index contributed by atoms with van der Waals surface area (Å²) >= 11 is 0. The van der Waals surface area contributed by atoms with Gasteiger partial charge in [-0.1, -0.05) is 12.1 Å². The molecular formula is C18H15FN2O3. The van der Waals surface area contributed by atoms with Gasteiger partial charge in [0.1, 0.15) is 11.6 Å². The van der Waals surface area contributed by atoms with Crippen molar-refractivity contribution < 1.29 is 13.9 Å². The molecule has 6 heteroatoms. The van der Waals surface area contributed by atoms with Crippen LogP contribution in [0.5, 0.6) is 5.75 Å². The molecule has 0 aliphatic heterocycles. The number of H-pyrrole nitrogens is 1. The molecule has 0 saturated heterocycles. The monoisotopic (exact) mass is 326 g/mol. The summed E-state index contributed by atoms with van der Waals surface area (Å²) in [5, 5.41) is 1.05. The van der Waals surface area contributed by atoms with E-state index in [2.05, 4.69) is 4.98 Å². The van der Waals surface area contributed by atoms with E-state index in [1.165, 1.54) is 12.1 Å². The second kappa shape index (κ2) is 6.16. The summed E-state index contributed by atoms with van der Waals surface area (Å²) in [6, 6.07) is 9.70. The molecule has 3 rings (SSSR count). The average Bonchev–Trinajstić information content (AvgIpc) is 2.56. The van der Waals surface area contributed by atoms with Gasteiger partial charge in [-0.25, -0.2) is 4.39 Å². The Morgan fingerprint density at radius 3 is 2.75 bits per heavy atom. The number of rotatable bonds is 4. The lowest BCUT2D eigenvalue weighted by Crippen LogP contribution is -2.20. The van der Waals surface area contributed by atoms with Crippen LogP contribution in [0.15, 0.2) is 47.4 Å². The van der Waals surface area contributed by atoms with Crippen molar-refractivity contribution in [3.05, 3.63) is 64.3 Å². The fourth-order valence-electron chi connectivity index (χ4n) is 2.61. The predicted molar refractivity (Wildman–Crippen MR) is 89.4 cm³/mol. The summed E-state index contributed by atoms with van der Waals surface area (Å²) in [6.07, 6.45) is 1.57.